The lowest BCUT2D eigenvalue weighted by Crippen LogP contribution is -2.11. The molecule has 0 aliphatic rings. The summed E-state index contributed by atoms with van der Waals surface area (Å²) in [6.45, 7) is 0. The van der Waals surface area contributed by atoms with E-state index in [4.69, 9.17) is 0 Å². The van der Waals surface area contributed by atoms with Crippen LogP contribution in [0.5, 0.6) is 0 Å². The largest absolute Gasteiger partial charge is 0.310 e. The van der Waals surface area contributed by atoms with Crippen molar-refractivity contribution in [3.63, 3.8) is 0 Å². The molecule has 10 aromatic carbocycles. The summed E-state index contributed by atoms with van der Waals surface area (Å²) in [5.41, 5.74) is 18.6. The van der Waals surface area contributed by atoms with Crippen molar-refractivity contribution in [2.45, 2.75) is 0 Å². The highest BCUT2D eigenvalue weighted by Gasteiger charge is 2.22. The van der Waals surface area contributed by atoms with Gasteiger partial charge in [-0.3, -0.25) is 0 Å². The van der Waals surface area contributed by atoms with E-state index in [1.165, 1.54) is 60.8 Å². The van der Waals surface area contributed by atoms with Crippen LogP contribution in [-0.4, -0.2) is 4.57 Å². The summed E-state index contributed by atoms with van der Waals surface area (Å²) in [4.78, 5) is 2.42. The highest BCUT2D eigenvalue weighted by molar-refractivity contribution is 6.10. The normalized spacial score (nSPS) is 11.2. The van der Waals surface area contributed by atoms with Gasteiger partial charge in [-0.15, -0.1) is 0 Å². The summed E-state index contributed by atoms with van der Waals surface area (Å²) in [5.74, 6) is 0. The van der Waals surface area contributed by atoms with E-state index in [-0.39, 0.29) is 0 Å². The topological polar surface area (TPSA) is 8.17 Å². The van der Waals surface area contributed by atoms with Crippen molar-refractivity contribution in [3.8, 4) is 61.3 Å². The molecular weight excluding hydrogens is 749 g/mol. The van der Waals surface area contributed by atoms with E-state index < -0.39 is 0 Å². The van der Waals surface area contributed by atoms with Gasteiger partial charge in [-0.2, -0.15) is 0 Å². The Kier molecular flexibility index (Phi) is 9.57. The number of para-hydroxylation sites is 4. The summed E-state index contributed by atoms with van der Waals surface area (Å²) in [7, 11) is 0. The monoisotopic (exact) mass is 790 g/mol. The van der Waals surface area contributed by atoms with Gasteiger partial charge in [-0.25, -0.2) is 0 Å². The van der Waals surface area contributed by atoms with Gasteiger partial charge in [0.1, 0.15) is 0 Å². The van der Waals surface area contributed by atoms with E-state index in [2.05, 4.69) is 264 Å². The minimum absolute atomic E-state index is 1.07. The van der Waals surface area contributed by atoms with Crippen molar-refractivity contribution in [1.29, 1.82) is 0 Å². The Morgan fingerprint density at radius 3 is 1.27 bits per heavy atom. The zero-order chi connectivity index (χ0) is 41.2. The maximum Gasteiger partial charge on any atom is 0.0541 e. The van der Waals surface area contributed by atoms with Crippen LogP contribution < -0.4 is 4.90 Å². The first kappa shape index (κ1) is 36.8. The maximum absolute atomic E-state index is 2.43. The van der Waals surface area contributed by atoms with E-state index in [0.29, 0.717) is 0 Å². The number of hydrogen-bond acceptors (Lipinski definition) is 1. The van der Waals surface area contributed by atoms with E-state index in [9.17, 15) is 0 Å². The zero-order valence-electron chi connectivity index (χ0n) is 34.1. The van der Waals surface area contributed by atoms with Crippen LogP contribution >= 0.6 is 0 Å². The molecule has 0 unspecified atom stereocenters. The van der Waals surface area contributed by atoms with Crippen LogP contribution in [0.1, 0.15) is 0 Å². The predicted octanol–water partition coefficient (Wildman–Crippen LogP) is 16.6. The van der Waals surface area contributed by atoms with Gasteiger partial charge in [-0.1, -0.05) is 206 Å². The lowest BCUT2D eigenvalue weighted by atomic mass is 9.92. The van der Waals surface area contributed by atoms with Crippen LogP contribution in [0.2, 0.25) is 0 Å². The highest BCUT2D eigenvalue weighted by atomic mass is 15.1. The average Bonchev–Trinajstić information content (AvgIpc) is 3.69. The first-order valence-electron chi connectivity index (χ1n) is 21.3. The molecule has 62 heavy (non-hydrogen) atoms. The molecule has 0 bridgehead atoms. The molecule has 2 nitrogen and oxygen atoms in total. The number of rotatable bonds is 9. The van der Waals surface area contributed by atoms with Crippen LogP contribution in [0.4, 0.5) is 17.1 Å². The Morgan fingerprint density at radius 1 is 0.258 bits per heavy atom. The molecule has 11 aromatic rings. The SMILES string of the molecule is c1ccc(-c2ccc(-c3ccc(N(c4ccc(-c5ccccc5-n5c6ccccc6c6ccccc65)c(-c5ccccc5)c4)c4ccccc4-c4ccccc4)cc3)cc2)cc1. The minimum atomic E-state index is 1.07. The number of fused-ring (bicyclic) bond motifs is 3. The fraction of sp³-hybridized carbons (Fsp3) is 0. The molecule has 0 radical (unpaired) electrons. The number of anilines is 3. The summed E-state index contributed by atoms with van der Waals surface area (Å²) in [6, 6.07) is 92.1. The van der Waals surface area contributed by atoms with Gasteiger partial charge in [0, 0.05) is 33.3 Å². The first-order chi connectivity index (χ1) is 30.8. The lowest BCUT2D eigenvalue weighted by molar-refractivity contribution is 1.18. The molecule has 11 rings (SSSR count). The second kappa shape index (κ2) is 16.1. The van der Waals surface area contributed by atoms with Gasteiger partial charge in [0.25, 0.3) is 0 Å². The Bertz CT molecular complexity index is 3260. The summed E-state index contributed by atoms with van der Waals surface area (Å²) < 4.78 is 2.43. The molecule has 0 atom stereocenters. The molecule has 2 heteroatoms. The molecule has 1 heterocycles. The molecule has 0 saturated heterocycles. The fourth-order valence-electron chi connectivity index (χ4n) is 9.09. The van der Waals surface area contributed by atoms with Crippen molar-refractivity contribution >= 4 is 38.9 Å². The van der Waals surface area contributed by atoms with Crippen LogP contribution in [0, 0.1) is 0 Å². The molecule has 0 spiro atoms. The summed E-state index contributed by atoms with van der Waals surface area (Å²) >= 11 is 0. The number of nitrogens with zero attached hydrogens (tertiary/aromatic N) is 2. The van der Waals surface area contributed by atoms with Gasteiger partial charge in [0.15, 0.2) is 0 Å². The molecule has 0 amide bonds. The van der Waals surface area contributed by atoms with Crippen molar-refractivity contribution in [3.05, 3.63) is 255 Å². The van der Waals surface area contributed by atoms with Gasteiger partial charge in [0.05, 0.1) is 22.4 Å². The third kappa shape index (κ3) is 6.74. The first-order valence-corrected chi connectivity index (χ1v) is 21.3. The predicted molar refractivity (Wildman–Crippen MR) is 263 cm³/mol. The van der Waals surface area contributed by atoms with Gasteiger partial charge < -0.3 is 9.47 Å². The van der Waals surface area contributed by atoms with Crippen molar-refractivity contribution in [1.82, 2.24) is 4.57 Å². The van der Waals surface area contributed by atoms with Gasteiger partial charge in [-0.05, 0) is 93.0 Å². The average molecular weight is 791 g/mol. The Morgan fingerprint density at radius 2 is 0.677 bits per heavy atom. The fourth-order valence-corrected chi connectivity index (χ4v) is 9.09. The Hall–Kier alpha value is -8.20. The van der Waals surface area contributed by atoms with Crippen LogP contribution in [-0.2, 0) is 0 Å². The second-order valence-electron chi connectivity index (χ2n) is 15.7. The lowest BCUT2D eigenvalue weighted by Gasteiger charge is -2.29. The number of hydrogen-bond donors (Lipinski definition) is 0. The molecule has 0 aliphatic heterocycles. The van der Waals surface area contributed by atoms with Crippen molar-refractivity contribution in [2.75, 3.05) is 4.90 Å². The number of aromatic nitrogens is 1. The van der Waals surface area contributed by atoms with Crippen molar-refractivity contribution < 1.29 is 0 Å². The summed E-state index contributed by atoms with van der Waals surface area (Å²) in [6.07, 6.45) is 0. The minimum Gasteiger partial charge on any atom is -0.310 e. The van der Waals surface area contributed by atoms with E-state index in [1.807, 2.05) is 0 Å². The number of benzene rings is 10. The van der Waals surface area contributed by atoms with Crippen molar-refractivity contribution in [2.24, 2.45) is 0 Å². The zero-order valence-corrected chi connectivity index (χ0v) is 34.1. The van der Waals surface area contributed by atoms with E-state index in [1.54, 1.807) is 0 Å². The molecule has 0 fully saturated rings. The molecule has 0 aliphatic carbocycles. The molecule has 1 aromatic heterocycles. The quantitative estimate of drug-likeness (QED) is 0.141. The van der Waals surface area contributed by atoms with Crippen LogP contribution in [0.25, 0.3) is 83.1 Å². The smallest absolute Gasteiger partial charge is 0.0541 e. The Labute approximate surface area is 362 Å². The summed E-state index contributed by atoms with van der Waals surface area (Å²) in [5, 5.41) is 2.50. The van der Waals surface area contributed by atoms with Crippen LogP contribution in [0.15, 0.2) is 255 Å². The molecule has 0 N–H and O–H groups in total. The van der Waals surface area contributed by atoms with Gasteiger partial charge >= 0.3 is 0 Å². The molecule has 292 valence electrons. The highest BCUT2D eigenvalue weighted by Crippen LogP contribution is 2.46. The standard InChI is InChI=1S/C60H42N2/c1-4-18-43(19-5-1)44-32-34-45(35-33-44)46-36-38-49(39-37-46)61(57-28-14-10-24-51(57)47-20-6-2-7-21-47)50-40-41-52(56(42-50)48-22-8-3-9-23-48)53-25-11-15-29-58(53)62-59-30-16-12-26-54(59)55-27-13-17-31-60(55)62/h1-42H. The third-order valence-corrected chi connectivity index (χ3v) is 12.0. The molecule has 0 saturated carbocycles. The van der Waals surface area contributed by atoms with E-state index in [0.717, 1.165) is 39.4 Å². The van der Waals surface area contributed by atoms with E-state index >= 15 is 0 Å². The third-order valence-electron chi connectivity index (χ3n) is 12.0. The Balaban J connectivity index is 1.08. The van der Waals surface area contributed by atoms with Crippen LogP contribution in [0.3, 0.4) is 0 Å². The molecular formula is C60H42N2. The second-order valence-corrected chi connectivity index (χ2v) is 15.7. The maximum atomic E-state index is 2.43. The van der Waals surface area contributed by atoms with Gasteiger partial charge in [0.2, 0.25) is 0 Å².